The van der Waals surface area contributed by atoms with E-state index in [4.69, 9.17) is 18.9 Å². The van der Waals surface area contributed by atoms with E-state index in [1.807, 2.05) is 61.5 Å². The van der Waals surface area contributed by atoms with Crippen molar-refractivity contribution >= 4 is 11.6 Å². The Kier molecular flexibility index (Phi) is 5.93. The van der Waals surface area contributed by atoms with Crippen LogP contribution >= 0.6 is 0 Å². The summed E-state index contributed by atoms with van der Waals surface area (Å²) in [4.78, 5) is 13.3. The van der Waals surface area contributed by atoms with Crippen LogP contribution in [0.4, 0.5) is 5.69 Å². The van der Waals surface area contributed by atoms with Crippen LogP contribution in [0.15, 0.2) is 54.6 Å². The molecular weight excluding hydrogens is 418 g/mol. The largest absolute Gasteiger partial charge is 0.493 e. The molecule has 0 spiro atoms. The Morgan fingerprint density at radius 2 is 1.73 bits per heavy atom. The topological polar surface area (TPSA) is 66.0 Å². The van der Waals surface area contributed by atoms with Crippen LogP contribution in [-0.4, -0.2) is 26.9 Å². The van der Waals surface area contributed by atoms with Gasteiger partial charge in [-0.3, -0.25) is 4.79 Å². The number of carbonyl (C=O) groups excluding carboxylic acids is 1. The van der Waals surface area contributed by atoms with Gasteiger partial charge in [0.15, 0.2) is 23.0 Å². The van der Waals surface area contributed by atoms with Gasteiger partial charge in [0, 0.05) is 11.3 Å². The molecular formula is C27H29NO5. The number of hydrogen-bond donors (Lipinski definition) is 1. The lowest BCUT2D eigenvalue weighted by atomic mass is 9.94. The Morgan fingerprint density at radius 1 is 0.939 bits per heavy atom. The number of hydrogen-bond acceptors (Lipinski definition) is 5. The number of rotatable bonds is 6. The minimum atomic E-state index is -0.528. The Labute approximate surface area is 194 Å². The van der Waals surface area contributed by atoms with E-state index in [0.717, 1.165) is 46.5 Å². The fraction of sp³-hybridized carbons (Fsp3) is 0.296. The van der Waals surface area contributed by atoms with Crippen LogP contribution in [-0.2, 0) is 10.2 Å². The Morgan fingerprint density at radius 3 is 2.45 bits per heavy atom. The average molecular weight is 448 g/mol. The third kappa shape index (κ3) is 3.86. The summed E-state index contributed by atoms with van der Waals surface area (Å²) in [6, 6.07) is 17.5. The lowest BCUT2D eigenvalue weighted by molar-refractivity contribution is -0.118. The summed E-state index contributed by atoms with van der Waals surface area (Å²) in [7, 11) is 3.25. The number of carbonyl (C=O) groups is 1. The van der Waals surface area contributed by atoms with E-state index in [1.165, 1.54) is 0 Å². The minimum absolute atomic E-state index is 0. The van der Waals surface area contributed by atoms with Gasteiger partial charge >= 0.3 is 0 Å². The van der Waals surface area contributed by atoms with Crippen molar-refractivity contribution in [3.05, 3.63) is 65.7 Å². The first kappa shape index (κ1) is 22.5. The minimum Gasteiger partial charge on any atom is -0.493 e. The van der Waals surface area contributed by atoms with Crippen LogP contribution in [0.1, 0.15) is 31.4 Å². The molecule has 1 N–H and O–H groups in total. The molecule has 3 aromatic rings. The van der Waals surface area contributed by atoms with Crippen LogP contribution in [0.3, 0.4) is 0 Å². The second kappa shape index (κ2) is 8.70. The predicted octanol–water partition coefficient (Wildman–Crippen LogP) is 5.71. The second-order valence-corrected chi connectivity index (χ2v) is 8.18. The van der Waals surface area contributed by atoms with Gasteiger partial charge in [-0.25, -0.2) is 0 Å². The summed E-state index contributed by atoms with van der Waals surface area (Å²) < 4.78 is 22.0. The summed E-state index contributed by atoms with van der Waals surface area (Å²) in [5, 5.41) is 3.13. The van der Waals surface area contributed by atoms with Gasteiger partial charge in [0.25, 0.3) is 0 Å². The highest BCUT2D eigenvalue weighted by atomic mass is 16.7. The molecule has 5 rings (SSSR count). The number of aryl methyl sites for hydroxylation is 1. The SMILES string of the molecule is C.COc1cccc(-c2cc(NC(=O)C3(c4ccc5c(c4)OCO5)CC3)ccc2C)c1OC. The molecule has 1 amide bonds. The quantitative estimate of drug-likeness (QED) is 0.524. The van der Waals surface area contributed by atoms with E-state index in [0.29, 0.717) is 17.2 Å². The number of amides is 1. The monoisotopic (exact) mass is 447 g/mol. The van der Waals surface area contributed by atoms with Crippen molar-refractivity contribution < 1.29 is 23.7 Å². The van der Waals surface area contributed by atoms with Crippen molar-refractivity contribution in [1.29, 1.82) is 0 Å². The van der Waals surface area contributed by atoms with Gasteiger partial charge in [-0.1, -0.05) is 31.7 Å². The number of methoxy groups -OCH3 is 2. The molecule has 0 aromatic heterocycles. The van der Waals surface area contributed by atoms with E-state index in [2.05, 4.69) is 5.32 Å². The first-order valence-corrected chi connectivity index (χ1v) is 10.6. The molecule has 0 atom stereocenters. The van der Waals surface area contributed by atoms with Gasteiger partial charge < -0.3 is 24.3 Å². The molecule has 0 bridgehead atoms. The molecule has 1 heterocycles. The number of fused-ring (bicyclic) bond motifs is 1. The van der Waals surface area contributed by atoms with Crippen LogP contribution < -0.4 is 24.3 Å². The number of anilines is 1. The summed E-state index contributed by atoms with van der Waals surface area (Å²) in [6.07, 6.45) is 1.61. The van der Waals surface area contributed by atoms with E-state index in [9.17, 15) is 4.79 Å². The molecule has 3 aromatic carbocycles. The second-order valence-electron chi connectivity index (χ2n) is 8.18. The molecule has 1 fully saturated rings. The maximum absolute atomic E-state index is 13.3. The van der Waals surface area contributed by atoms with E-state index >= 15 is 0 Å². The van der Waals surface area contributed by atoms with Crippen LogP contribution in [0.2, 0.25) is 0 Å². The fourth-order valence-electron chi connectivity index (χ4n) is 4.31. The molecule has 1 saturated carbocycles. The number of ether oxygens (including phenoxy) is 4. The Bertz CT molecular complexity index is 1200. The third-order valence-corrected chi connectivity index (χ3v) is 6.30. The molecule has 0 saturated heterocycles. The summed E-state index contributed by atoms with van der Waals surface area (Å²) in [5.41, 5.74) is 4.14. The van der Waals surface area contributed by atoms with Gasteiger partial charge in [0.1, 0.15) is 0 Å². The highest BCUT2D eigenvalue weighted by molar-refractivity contribution is 6.02. The standard InChI is InChI=1S/C26H25NO5.CH4/c1-16-7-9-18(14-20(16)19-5-4-6-22(29-2)24(19)30-3)27-25(28)26(11-12-26)17-8-10-21-23(13-17)32-15-31-21;/h4-10,13-14H,11-12,15H2,1-3H3,(H,27,28);1H4. The molecule has 1 aliphatic carbocycles. The Hall–Kier alpha value is -3.67. The van der Waals surface area contributed by atoms with Gasteiger partial charge in [-0.2, -0.15) is 0 Å². The zero-order chi connectivity index (χ0) is 22.3. The van der Waals surface area contributed by atoms with Gasteiger partial charge in [0.05, 0.1) is 19.6 Å². The van der Waals surface area contributed by atoms with Gasteiger partial charge in [0.2, 0.25) is 12.7 Å². The average Bonchev–Trinajstić information content (AvgIpc) is 3.50. The van der Waals surface area contributed by atoms with Gasteiger partial charge in [-0.15, -0.1) is 0 Å². The van der Waals surface area contributed by atoms with Crippen molar-refractivity contribution in [2.75, 3.05) is 26.3 Å². The smallest absolute Gasteiger partial charge is 0.235 e. The number of benzene rings is 3. The maximum Gasteiger partial charge on any atom is 0.235 e. The Balaban J connectivity index is 0.00000259. The van der Waals surface area contributed by atoms with Crippen molar-refractivity contribution in [2.24, 2.45) is 0 Å². The molecule has 0 radical (unpaired) electrons. The number of para-hydroxylation sites is 1. The zero-order valence-electron chi connectivity index (χ0n) is 18.4. The van der Waals surface area contributed by atoms with Crippen LogP contribution in [0, 0.1) is 6.92 Å². The van der Waals surface area contributed by atoms with Crippen molar-refractivity contribution in [2.45, 2.75) is 32.6 Å². The molecule has 1 aliphatic heterocycles. The molecule has 6 nitrogen and oxygen atoms in total. The van der Waals surface area contributed by atoms with Crippen LogP contribution in [0.25, 0.3) is 11.1 Å². The summed E-state index contributed by atoms with van der Waals surface area (Å²) in [6.45, 7) is 2.26. The maximum atomic E-state index is 13.3. The first-order chi connectivity index (χ1) is 15.6. The molecule has 6 heteroatoms. The van der Waals surface area contributed by atoms with Crippen molar-refractivity contribution in [1.82, 2.24) is 0 Å². The van der Waals surface area contributed by atoms with E-state index in [1.54, 1.807) is 14.2 Å². The fourth-order valence-corrected chi connectivity index (χ4v) is 4.31. The number of nitrogens with one attached hydrogen (secondary N) is 1. The molecule has 172 valence electrons. The van der Waals surface area contributed by atoms with Crippen molar-refractivity contribution in [3.8, 4) is 34.1 Å². The van der Waals surface area contributed by atoms with E-state index < -0.39 is 5.41 Å². The van der Waals surface area contributed by atoms with Crippen LogP contribution in [0.5, 0.6) is 23.0 Å². The van der Waals surface area contributed by atoms with E-state index in [-0.39, 0.29) is 20.1 Å². The highest BCUT2D eigenvalue weighted by Gasteiger charge is 2.51. The molecule has 33 heavy (non-hydrogen) atoms. The predicted molar refractivity (Wildman–Crippen MR) is 129 cm³/mol. The lowest BCUT2D eigenvalue weighted by Gasteiger charge is -2.18. The summed E-state index contributed by atoms with van der Waals surface area (Å²) in [5.74, 6) is 2.74. The normalized spacial score (nSPS) is 14.8. The molecule has 0 unspecified atom stereocenters. The van der Waals surface area contributed by atoms with Gasteiger partial charge in [-0.05, 0) is 66.8 Å². The first-order valence-electron chi connectivity index (χ1n) is 10.6. The third-order valence-electron chi connectivity index (χ3n) is 6.30. The molecule has 2 aliphatic rings. The lowest BCUT2D eigenvalue weighted by Crippen LogP contribution is -2.27. The highest BCUT2D eigenvalue weighted by Crippen LogP contribution is 2.51. The summed E-state index contributed by atoms with van der Waals surface area (Å²) >= 11 is 0. The zero-order valence-corrected chi connectivity index (χ0v) is 18.4. The van der Waals surface area contributed by atoms with Crippen molar-refractivity contribution in [3.63, 3.8) is 0 Å².